The summed E-state index contributed by atoms with van der Waals surface area (Å²) in [6, 6.07) is 0.214. The van der Waals surface area contributed by atoms with Crippen molar-refractivity contribution in [2.24, 2.45) is 5.92 Å². The lowest BCUT2D eigenvalue weighted by molar-refractivity contribution is -0.146. The third-order valence-corrected chi connectivity index (χ3v) is 4.59. The fraction of sp³-hybridized carbons (Fsp3) is 0.875. The van der Waals surface area contributed by atoms with E-state index in [0.717, 1.165) is 51.6 Å². The van der Waals surface area contributed by atoms with Crippen LogP contribution in [-0.2, 0) is 19.1 Å². The number of methoxy groups -OCH3 is 1. The van der Waals surface area contributed by atoms with E-state index >= 15 is 0 Å². The summed E-state index contributed by atoms with van der Waals surface area (Å²) in [5.74, 6) is 0.0127. The van der Waals surface area contributed by atoms with Gasteiger partial charge in [-0.25, -0.2) is 0 Å². The molecule has 120 valence electrons. The molecule has 1 saturated heterocycles. The van der Waals surface area contributed by atoms with Crippen molar-refractivity contribution in [2.75, 3.05) is 13.7 Å². The topological polar surface area (TPSA) is 64.6 Å². The fourth-order valence-corrected chi connectivity index (χ4v) is 3.27. The molecule has 0 aromatic carbocycles. The Labute approximate surface area is 126 Å². The van der Waals surface area contributed by atoms with E-state index in [1.54, 1.807) is 0 Å². The molecule has 21 heavy (non-hydrogen) atoms. The fourth-order valence-electron chi connectivity index (χ4n) is 3.27. The molecule has 1 atom stereocenters. The molecule has 1 heterocycles. The van der Waals surface area contributed by atoms with E-state index in [2.05, 4.69) is 5.32 Å². The van der Waals surface area contributed by atoms with Gasteiger partial charge in [0.1, 0.15) is 0 Å². The Balaban J connectivity index is 1.61. The highest BCUT2D eigenvalue weighted by Crippen LogP contribution is 2.25. The zero-order valence-corrected chi connectivity index (χ0v) is 12.9. The molecule has 0 spiro atoms. The summed E-state index contributed by atoms with van der Waals surface area (Å²) in [4.78, 5) is 23.4. The van der Waals surface area contributed by atoms with E-state index in [0.29, 0.717) is 6.42 Å². The predicted octanol–water partition coefficient (Wildman–Crippen LogP) is 2.18. The van der Waals surface area contributed by atoms with Gasteiger partial charge in [0.05, 0.1) is 19.1 Å². The molecule has 0 bridgehead atoms. The summed E-state index contributed by atoms with van der Waals surface area (Å²) in [7, 11) is 1.43. The highest BCUT2D eigenvalue weighted by molar-refractivity contribution is 5.76. The molecule has 5 nitrogen and oxygen atoms in total. The number of ether oxygens (including phenoxy) is 2. The van der Waals surface area contributed by atoms with Crippen molar-refractivity contribution >= 4 is 11.9 Å². The normalized spacial score (nSPS) is 29.7. The van der Waals surface area contributed by atoms with Gasteiger partial charge in [0.25, 0.3) is 0 Å². The molecule has 1 unspecified atom stereocenters. The molecule has 1 amide bonds. The molecule has 1 N–H and O–H groups in total. The van der Waals surface area contributed by atoms with E-state index in [-0.39, 0.29) is 29.9 Å². The van der Waals surface area contributed by atoms with Gasteiger partial charge >= 0.3 is 5.97 Å². The van der Waals surface area contributed by atoms with Crippen LogP contribution in [0.5, 0.6) is 0 Å². The molecule has 2 rings (SSSR count). The summed E-state index contributed by atoms with van der Waals surface area (Å²) >= 11 is 0. The first kappa shape index (κ1) is 16.3. The molecule has 2 aliphatic rings. The zero-order valence-electron chi connectivity index (χ0n) is 12.9. The Morgan fingerprint density at radius 2 is 1.90 bits per heavy atom. The molecule has 2 fully saturated rings. The van der Waals surface area contributed by atoms with E-state index in [1.807, 2.05) is 0 Å². The van der Waals surface area contributed by atoms with Crippen LogP contribution in [0.3, 0.4) is 0 Å². The van der Waals surface area contributed by atoms with Crippen LogP contribution >= 0.6 is 0 Å². The molecule has 1 saturated carbocycles. The second-order valence-corrected chi connectivity index (χ2v) is 6.17. The van der Waals surface area contributed by atoms with Gasteiger partial charge in [-0.3, -0.25) is 9.59 Å². The van der Waals surface area contributed by atoms with Crippen molar-refractivity contribution in [3.8, 4) is 0 Å². The number of amides is 1. The molecule has 1 aliphatic heterocycles. The highest BCUT2D eigenvalue weighted by Gasteiger charge is 2.27. The van der Waals surface area contributed by atoms with Gasteiger partial charge in [0.15, 0.2) is 0 Å². The van der Waals surface area contributed by atoms with E-state index in [4.69, 9.17) is 9.47 Å². The average molecular weight is 297 g/mol. The largest absolute Gasteiger partial charge is 0.469 e. The Morgan fingerprint density at radius 3 is 2.52 bits per heavy atom. The van der Waals surface area contributed by atoms with Crippen molar-refractivity contribution in [3.05, 3.63) is 0 Å². The molecular weight excluding hydrogens is 270 g/mol. The standard InChI is InChI=1S/C16H27NO4/c1-20-16(19)12-5-7-13(8-6-12)17-15(18)10-9-14-4-2-3-11-21-14/h12-14H,2-11H2,1H3,(H,17,18). The van der Waals surface area contributed by atoms with Gasteiger partial charge < -0.3 is 14.8 Å². The molecule has 0 radical (unpaired) electrons. The van der Waals surface area contributed by atoms with Crippen LogP contribution < -0.4 is 5.32 Å². The number of esters is 1. The first-order chi connectivity index (χ1) is 10.2. The SMILES string of the molecule is COC(=O)C1CCC(NC(=O)CCC2CCCCO2)CC1. The van der Waals surface area contributed by atoms with Gasteiger partial charge in [-0.15, -0.1) is 0 Å². The number of hydrogen-bond acceptors (Lipinski definition) is 4. The van der Waals surface area contributed by atoms with Crippen molar-refractivity contribution in [2.45, 2.75) is 69.9 Å². The highest BCUT2D eigenvalue weighted by atomic mass is 16.5. The Hall–Kier alpha value is -1.10. The number of carbonyl (C=O) groups excluding carboxylic acids is 2. The monoisotopic (exact) mass is 297 g/mol. The van der Waals surface area contributed by atoms with Crippen molar-refractivity contribution < 1.29 is 19.1 Å². The average Bonchev–Trinajstić information content (AvgIpc) is 2.54. The minimum absolute atomic E-state index is 0.0128. The van der Waals surface area contributed by atoms with E-state index in [1.165, 1.54) is 13.5 Å². The number of rotatable bonds is 5. The van der Waals surface area contributed by atoms with Gasteiger partial charge in [-0.05, 0) is 51.4 Å². The summed E-state index contributed by atoms with van der Waals surface area (Å²) in [5, 5.41) is 3.09. The maximum atomic E-state index is 12.0. The second kappa shape index (κ2) is 8.37. The third kappa shape index (κ3) is 5.30. The van der Waals surface area contributed by atoms with Crippen LogP contribution in [0, 0.1) is 5.92 Å². The van der Waals surface area contributed by atoms with Crippen molar-refractivity contribution in [3.63, 3.8) is 0 Å². The smallest absolute Gasteiger partial charge is 0.308 e. The van der Waals surface area contributed by atoms with Crippen LogP contribution in [0.4, 0.5) is 0 Å². The molecule has 0 aromatic rings. The minimum atomic E-state index is -0.116. The molecular formula is C16H27NO4. The Morgan fingerprint density at radius 1 is 1.14 bits per heavy atom. The van der Waals surface area contributed by atoms with Gasteiger partial charge in [0, 0.05) is 19.1 Å². The van der Waals surface area contributed by atoms with E-state index < -0.39 is 0 Å². The third-order valence-electron chi connectivity index (χ3n) is 4.59. The summed E-state index contributed by atoms with van der Waals surface area (Å²) in [6.45, 7) is 0.837. The van der Waals surface area contributed by atoms with Crippen molar-refractivity contribution in [1.82, 2.24) is 5.32 Å². The van der Waals surface area contributed by atoms with Crippen molar-refractivity contribution in [1.29, 1.82) is 0 Å². The lowest BCUT2D eigenvalue weighted by Crippen LogP contribution is -2.39. The van der Waals surface area contributed by atoms with Crippen LogP contribution in [0.2, 0.25) is 0 Å². The quantitative estimate of drug-likeness (QED) is 0.790. The predicted molar refractivity (Wildman–Crippen MR) is 78.7 cm³/mol. The van der Waals surface area contributed by atoms with Gasteiger partial charge in [-0.1, -0.05) is 0 Å². The Bertz CT molecular complexity index is 344. The summed E-state index contributed by atoms with van der Waals surface area (Å²) in [5.41, 5.74) is 0. The number of nitrogens with one attached hydrogen (secondary N) is 1. The lowest BCUT2D eigenvalue weighted by atomic mass is 9.86. The first-order valence-corrected chi connectivity index (χ1v) is 8.18. The molecule has 0 aromatic heterocycles. The number of hydrogen-bond donors (Lipinski definition) is 1. The zero-order chi connectivity index (χ0) is 15.1. The van der Waals surface area contributed by atoms with E-state index in [9.17, 15) is 9.59 Å². The summed E-state index contributed by atoms with van der Waals surface area (Å²) < 4.78 is 10.4. The van der Waals surface area contributed by atoms with Crippen LogP contribution in [-0.4, -0.2) is 37.7 Å². The van der Waals surface area contributed by atoms with Crippen LogP contribution in [0.25, 0.3) is 0 Å². The maximum absolute atomic E-state index is 12.0. The number of carbonyl (C=O) groups is 2. The lowest BCUT2D eigenvalue weighted by Gasteiger charge is -2.28. The van der Waals surface area contributed by atoms with Gasteiger partial charge in [-0.2, -0.15) is 0 Å². The molecule has 1 aliphatic carbocycles. The minimum Gasteiger partial charge on any atom is -0.469 e. The van der Waals surface area contributed by atoms with Crippen LogP contribution in [0.15, 0.2) is 0 Å². The second-order valence-electron chi connectivity index (χ2n) is 6.17. The maximum Gasteiger partial charge on any atom is 0.308 e. The first-order valence-electron chi connectivity index (χ1n) is 8.18. The Kier molecular flexibility index (Phi) is 6.49. The summed E-state index contributed by atoms with van der Waals surface area (Å²) in [6.07, 6.45) is 8.42. The van der Waals surface area contributed by atoms with Crippen LogP contribution in [0.1, 0.15) is 57.8 Å². The molecule has 5 heteroatoms. The van der Waals surface area contributed by atoms with Gasteiger partial charge in [0.2, 0.25) is 5.91 Å².